The van der Waals surface area contributed by atoms with Gasteiger partial charge >= 0.3 is 0 Å². The van der Waals surface area contributed by atoms with Crippen LogP contribution in [0.15, 0.2) is 36.5 Å². The number of hydrogen-bond donors (Lipinski definition) is 0. The van der Waals surface area contributed by atoms with E-state index in [-0.39, 0.29) is 0 Å². The second-order valence-electron chi connectivity index (χ2n) is 4.79. The molecule has 3 rings (SSSR count). The number of aryl methyl sites for hydroxylation is 2. The Bertz CT molecular complexity index is 762. The van der Waals surface area contributed by atoms with Gasteiger partial charge in [0.25, 0.3) is 0 Å². The van der Waals surface area contributed by atoms with Crippen LogP contribution in [0.1, 0.15) is 18.2 Å². The van der Waals surface area contributed by atoms with Crippen LogP contribution in [0.5, 0.6) is 5.75 Å². The van der Waals surface area contributed by atoms with E-state index in [4.69, 9.17) is 4.74 Å². The van der Waals surface area contributed by atoms with Crippen molar-refractivity contribution < 1.29 is 4.74 Å². The van der Waals surface area contributed by atoms with Gasteiger partial charge < -0.3 is 4.74 Å². The minimum absolute atomic E-state index is 0.839. The van der Waals surface area contributed by atoms with Crippen molar-refractivity contribution in [2.24, 2.45) is 0 Å². The highest BCUT2D eigenvalue weighted by Gasteiger charge is 2.09. The topological polar surface area (TPSA) is 39.4 Å². The summed E-state index contributed by atoms with van der Waals surface area (Å²) in [5.74, 6) is 0.839. The molecule has 0 N–H and O–H groups in total. The molecule has 0 bridgehead atoms. The van der Waals surface area contributed by atoms with Crippen LogP contribution in [0.2, 0.25) is 0 Å². The van der Waals surface area contributed by atoms with Crippen LogP contribution < -0.4 is 4.74 Å². The van der Waals surface area contributed by atoms with E-state index in [1.54, 1.807) is 7.11 Å². The predicted octanol–water partition coefficient (Wildman–Crippen LogP) is 3.28. The number of ether oxygens (including phenoxy) is 1. The van der Waals surface area contributed by atoms with Crippen LogP contribution >= 0.6 is 0 Å². The number of methoxy groups -OCH3 is 1. The Hall–Kier alpha value is -2.36. The zero-order valence-corrected chi connectivity index (χ0v) is 11.9. The molecule has 4 nitrogen and oxygen atoms in total. The molecule has 1 aromatic carbocycles. The summed E-state index contributed by atoms with van der Waals surface area (Å²) in [5, 5.41) is 4.62. The molecule has 2 heterocycles. The lowest BCUT2D eigenvalue weighted by atomic mass is 10.0. The standard InChI is InChI=1S/C16H17N3O/c1-4-12-5-7-15(20-3)13(9-12)14-6-8-16-17-11(2)10-19(16)18-14/h5-10H,4H2,1-3H3. The number of imidazole rings is 1. The maximum atomic E-state index is 5.45. The molecule has 0 aliphatic rings. The summed E-state index contributed by atoms with van der Waals surface area (Å²) in [6.45, 7) is 4.11. The fourth-order valence-electron chi connectivity index (χ4n) is 2.32. The number of nitrogens with zero attached hydrogens (tertiary/aromatic N) is 3. The fraction of sp³-hybridized carbons (Fsp3) is 0.250. The van der Waals surface area contributed by atoms with E-state index in [0.717, 1.165) is 34.8 Å². The molecule has 0 aliphatic heterocycles. The SMILES string of the molecule is CCc1ccc(OC)c(-c2ccc3nc(C)cn3n2)c1. The maximum Gasteiger partial charge on any atom is 0.153 e. The highest BCUT2D eigenvalue weighted by atomic mass is 16.5. The Kier molecular flexibility index (Phi) is 3.14. The van der Waals surface area contributed by atoms with E-state index in [0.29, 0.717) is 0 Å². The second-order valence-corrected chi connectivity index (χ2v) is 4.79. The molecular formula is C16H17N3O. The number of aromatic nitrogens is 3. The third-order valence-electron chi connectivity index (χ3n) is 3.39. The summed E-state index contributed by atoms with van der Waals surface area (Å²) in [5.41, 5.74) is 4.99. The molecule has 0 saturated heterocycles. The summed E-state index contributed by atoms with van der Waals surface area (Å²) >= 11 is 0. The minimum atomic E-state index is 0.839. The fourth-order valence-corrected chi connectivity index (χ4v) is 2.32. The van der Waals surface area contributed by atoms with Gasteiger partial charge in [0.15, 0.2) is 5.65 Å². The van der Waals surface area contributed by atoms with Crippen LogP contribution in [0.25, 0.3) is 16.9 Å². The van der Waals surface area contributed by atoms with Gasteiger partial charge in [-0.2, -0.15) is 5.10 Å². The predicted molar refractivity (Wildman–Crippen MR) is 79.1 cm³/mol. The lowest BCUT2D eigenvalue weighted by molar-refractivity contribution is 0.416. The molecule has 0 spiro atoms. The Labute approximate surface area is 118 Å². The first-order chi connectivity index (χ1) is 9.71. The second kappa shape index (κ2) is 4.96. The highest BCUT2D eigenvalue weighted by Crippen LogP contribution is 2.29. The molecule has 0 radical (unpaired) electrons. The van der Waals surface area contributed by atoms with Crippen LogP contribution in [-0.4, -0.2) is 21.7 Å². The minimum Gasteiger partial charge on any atom is -0.496 e. The number of rotatable bonds is 3. The van der Waals surface area contributed by atoms with Crippen molar-refractivity contribution in [3.8, 4) is 17.0 Å². The summed E-state index contributed by atoms with van der Waals surface area (Å²) in [4.78, 5) is 4.39. The molecular weight excluding hydrogens is 250 g/mol. The van der Waals surface area contributed by atoms with Crippen molar-refractivity contribution in [3.05, 3.63) is 47.8 Å². The maximum absolute atomic E-state index is 5.45. The first-order valence-electron chi connectivity index (χ1n) is 6.71. The van der Waals surface area contributed by atoms with Gasteiger partial charge in [-0.05, 0) is 43.2 Å². The number of benzene rings is 1. The molecule has 0 unspecified atom stereocenters. The lowest BCUT2D eigenvalue weighted by Crippen LogP contribution is -1.96. The van der Waals surface area contributed by atoms with Gasteiger partial charge in [-0.25, -0.2) is 9.50 Å². The van der Waals surface area contributed by atoms with Crippen molar-refractivity contribution in [1.82, 2.24) is 14.6 Å². The van der Waals surface area contributed by atoms with Gasteiger partial charge in [0.2, 0.25) is 0 Å². The van der Waals surface area contributed by atoms with Crippen molar-refractivity contribution in [2.75, 3.05) is 7.11 Å². The van der Waals surface area contributed by atoms with Crippen LogP contribution in [0, 0.1) is 6.92 Å². The number of fused-ring (bicyclic) bond motifs is 1. The summed E-state index contributed by atoms with van der Waals surface area (Å²) in [6.07, 6.45) is 2.92. The molecule has 3 aromatic rings. The number of hydrogen-bond acceptors (Lipinski definition) is 3. The van der Waals surface area contributed by atoms with Crippen molar-refractivity contribution >= 4 is 5.65 Å². The largest absolute Gasteiger partial charge is 0.496 e. The molecule has 0 atom stereocenters. The van der Waals surface area contributed by atoms with Gasteiger partial charge in [-0.3, -0.25) is 0 Å². The quantitative estimate of drug-likeness (QED) is 0.731. The molecule has 4 heteroatoms. The van der Waals surface area contributed by atoms with E-state index in [1.807, 2.05) is 35.8 Å². The Morgan fingerprint density at radius 1 is 1.20 bits per heavy atom. The normalized spacial score (nSPS) is 10.9. The van der Waals surface area contributed by atoms with E-state index >= 15 is 0 Å². The van der Waals surface area contributed by atoms with Gasteiger partial charge in [-0.1, -0.05) is 13.0 Å². The zero-order valence-electron chi connectivity index (χ0n) is 11.9. The average Bonchev–Trinajstić information content (AvgIpc) is 2.85. The zero-order chi connectivity index (χ0) is 14.1. The molecule has 0 amide bonds. The molecule has 0 saturated carbocycles. The molecule has 20 heavy (non-hydrogen) atoms. The van der Waals surface area contributed by atoms with Gasteiger partial charge in [-0.15, -0.1) is 0 Å². The first-order valence-corrected chi connectivity index (χ1v) is 6.71. The summed E-state index contributed by atoms with van der Waals surface area (Å²) < 4.78 is 7.26. The van der Waals surface area contributed by atoms with Crippen molar-refractivity contribution in [1.29, 1.82) is 0 Å². The highest BCUT2D eigenvalue weighted by molar-refractivity contribution is 5.68. The van der Waals surface area contributed by atoms with Crippen molar-refractivity contribution in [3.63, 3.8) is 0 Å². The van der Waals surface area contributed by atoms with E-state index in [2.05, 4.69) is 29.1 Å². The monoisotopic (exact) mass is 267 g/mol. The van der Waals surface area contributed by atoms with Gasteiger partial charge in [0, 0.05) is 5.56 Å². The Morgan fingerprint density at radius 2 is 2.05 bits per heavy atom. The smallest absolute Gasteiger partial charge is 0.153 e. The lowest BCUT2D eigenvalue weighted by Gasteiger charge is -2.10. The molecule has 2 aromatic heterocycles. The van der Waals surface area contributed by atoms with Crippen molar-refractivity contribution in [2.45, 2.75) is 20.3 Å². The molecule has 102 valence electrons. The van der Waals surface area contributed by atoms with Gasteiger partial charge in [0.05, 0.1) is 24.7 Å². The Balaban J connectivity index is 2.17. The first kappa shape index (κ1) is 12.7. The van der Waals surface area contributed by atoms with Crippen LogP contribution in [0.3, 0.4) is 0 Å². The molecule has 0 aliphatic carbocycles. The average molecular weight is 267 g/mol. The van der Waals surface area contributed by atoms with E-state index in [1.165, 1.54) is 5.56 Å². The van der Waals surface area contributed by atoms with E-state index < -0.39 is 0 Å². The van der Waals surface area contributed by atoms with E-state index in [9.17, 15) is 0 Å². The van der Waals surface area contributed by atoms with Crippen LogP contribution in [-0.2, 0) is 6.42 Å². The Morgan fingerprint density at radius 3 is 2.80 bits per heavy atom. The molecule has 0 fully saturated rings. The third kappa shape index (κ3) is 2.13. The third-order valence-corrected chi connectivity index (χ3v) is 3.39. The summed E-state index contributed by atoms with van der Waals surface area (Å²) in [6, 6.07) is 10.2. The summed E-state index contributed by atoms with van der Waals surface area (Å²) in [7, 11) is 1.68. The van der Waals surface area contributed by atoms with Gasteiger partial charge in [0.1, 0.15) is 5.75 Å². The van der Waals surface area contributed by atoms with Crippen LogP contribution in [0.4, 0.5) is 0 Å².